The smallest absolute Gasteiger partial charge is 0.0746 e. The Morgan fingerprint density at radius 3 is 1.67 bits per heavy atom. The van der Waals surface area contributed by atoms with Crippen molar-refractivity contribution in [3.63, 3.8) is 0 Å². The van der Waals surface area contributed by atoms with Gasteiger partial charge in [0.25, 0.3) is 0 Å². The van der Waals surface area contributed by atoms with Crippen LogP contribution in [0, 0.1) is 0 Å². The number of hydrogen-bond donors (Lipinski definition) is 2. The van der Waals surface area contributed by atoms with Gasteiger partial charge in [0, 0.05) is 6.42 Å². The molecule has 2 nitrogen and oxygen atoms in total. The highest BCUT2D eigenvalue weighted by atomic mass is 16.3. The molecule has 0 aliphatic heterocycles. The van der Waals surface area contributed by atoms with Crippen molar-refractivity contribution in [3.05, 3.63) is 25.3 Å². The minimum atomic E-state index is -0.627. The Morgan fingerprint density at radius 2 is 1.44 bits per heavy atom. The van der Waals surface area contributed by atoms with Gasteiger partial charge >= 0.3 is 0 Å². The van der Waals surface area contributed by atoms with Crippen LogP contribution in [0.5, 0.6) is 0 Å². The van der Waals surface area contributed by atoms with Crippen LogP contribution in [-0.4, -0.2) is 22.4 Å². The molecule has 0 heterocycles. The van der Waals surface area contributed by atoms with Crippen molar-refractivity contribution in [2.75, 3.05) is 0 Å². The predicted molar refractivity (Wildman–Crippen MR) is 37.0 cm³/mol. The molecule has 0 radical (unpaired) electrons. The fourth-order valence-electron chi connectivity index (χ4n) is 0.440. The fraction of sp³-hybridized carbons (Fsp3) is 0.429. The highest BCUT2D eigenvalue weighted by Crippen LogP contribution is 1.98. The van der Waals surface area contributed by atoms with Crippen LogP contribution in [0.3, 0.4) is 0 Å². The van der Waals surface area contributed by atoms with Crippen LogP contribution in [0.25, 0.3) is 0 Å². The summed E-state index contributed by atoms with van der Waals surface area (Å²) >= 11 is 0. The van der Waals surface area contributed by atoms with E-state index >= 15 is 0 Å². The molecule has 2 unspecified atom stereocenters. The van der Waals surface area contributed by atoms with Gasteiger partial charge in [0.2, 0.25) is 0 Å². The topological polar surface area (TPSA) is 40.5 Å². The van der Waals surface area contributed by atoms with Crippen LogP contribution in [0.2, 0.25) is 0 Å². The molecule has 0 spiro atoms. The van der Waals surface area contributed by atoms with E-state index in [0.717, 1.165) is 0 Å². The second-order valence-corrected chi connectivity index (χ2v) is 1.84. The Bertz CT molecular complexity index is 87.1. The zero-order valence-electron chi connectivity index (χ0n) is 5.33. The van der Waals surface area contributed by atoms with E-state index in [9.17, 15) is 0 Å². The lowest BCUT2D eigenvalue weighted by Gasteiger charge is -2.06. The van der Waals surface area contributed by atoms with Crippen LogP contribution < -0.4 is 0 Å². The van der Waals surface area contributed by atoms with Crippen LogP contribution in [0.4, 0.5) is 0 Å². The minimum absolute atomic E-state index is 0.285. The molecule has 0 aromatic rings. The minimum Gasteiger partial charge on any atom is -0.389 e. The van der Waals surface area contributed by atoms with Crippen molar-refractivity contribution >= 4 is 0 Å². The van der Waals surface area contributed by atoms with Crippen molar-refractivity contribution in [1.29, 1.82) is 0 Å². The highest BCUT2D eigenvalue weighted by molar-refractivity contribution is 4.86. The van der Waals surface area contributed by atoms with Gasteiger partial charge in [-0.2, -0.15) is 0 Å². The van der Waals surface area contributed by atoms with Gasteiger partial charge in [-0.25, -0.2) is 0 Å². The monoisotopic (exact) mass is 128 g/mol. The average Bonchev–Trinajstić information content (AvgIpc) is 1.87. The normalized spacial score (nSPS) is 16.2. The number of aliphatic hydroxyl groups is 2. The average molecular weight is 128 g/mol. The maximum atomic E-state index is 8.83. The Labute approximate surface area is 55.1 Å². The number of rotatable bonds is 4. The van der Waals surface area contributed by atoms with Gasteiger partial charge in [0.05, 0.1) is 12.2 Å². The molecule has 0 saturated carbocycles. The maximum Gasteiger partial charge on any atom is 0.0746 e. The van der Waals surface area contributed by atoms with E-state index in [-0.39, 0.29) is 6.42 Å². The summed E-state index contributed by atoms with van der Waals surface area (Å²) in [5.41, 5.74) is 0. The zero-order valence-corrected chi connectivity index (χ0v) is 5.33. The summed E-state index contributed by atoms with van der Waals surface area (Å²) in [6.07, 6.45) is 1.79. The van der Waals surface area contributed by atoms with Crippen molar-refractivity contribution in [2.45, 2.75) is 18.6 Å². The van der Waals surface area contributed by atoms with E-state index in [2.05, 4.69) is 13.2 Å². The molecule has 0 saturated heterocycles. The molecular weight excluding hydrogens is 116 g/mol. The number of aliphatic hydroxyl groups excluding tert-OH is 2. The van der Waals surface area contributed by atoms with Crippen LogP contribution in [0.15, 0.2) is 25.3 Å². The first-order valence-electron chi connectivity index (χ1n) is 2.82. The first kappa shape index (κ1) is 8.40. The van der Waals surface area contributed by atoms with Crippen LogP contribution in [-0.2, 0) is 0 Å². The van der Waals surface area contributed by atoms with E-state index in [0.29, 0.717) is 0 Å². The number of hydrogen-bond acceptors (Lipinski definition) is 2. The van der Waals surface area contributed by atoms with Crippen molar-refractivity contribution in [2.24, 2.45) is 0 Å². The molecule has 2 heteroatoms. The molecule has 0 fully saturated rings. The first-order valence-corrected chi connectivity index (χ1v) is 2.82. The van der Waals surface area contributed by atoms with E-state index in [1.807, 2.05) is 0 Å². The van der Waals surface area contributed by atoms with Gasteiger partial charge in [0.15, 0.2) is 0 Å². The molecule has 0 aliphatic rings. The molecule has 0 rings (SSSR count). The van der Waals surface area contributed by atoms with Crippen molar-refractivity contribution < 1.29 is 10.2 Å². The van der Waals surface area contributed by atoms with Gasteiger partial charge in [-0.15, -0.1) is 13.2 Å². The van der Waals surface area contributed by atoms with Crippen LogP contribution >= 0.6 is 0 Å². The van der Waals surface area contributed by atoms with Crippen molar-refractivity contribution in [3.8, 4) is 0 Å². The quantitative estimate of drug-likeness (QED) is 0.540. The zero-order chi connectivity index (χ0) is 7.28. The van der Waals surface area contributed by atoms with Gasteiger partial charge in [-0.3, -0.25) is 0 Å². The lowest BCUT2D eigenvalue weighted by Crippen LogP contribution is -2.12. The summed E-state index contributed by atoms with van der Waals surface area (Å²) in [5.74, 6) is 0. The Morgan fingerprint density at radius 1 is 1.11 bits per heavy atom. The van der Waals surface area contributed by atoms with E-state index < -0.39 is 12.2 Å². The Hall–Kier alpha value is -0.600. The lowest BCUT2D eigenvalue weighted by molar-refractivity contribution is 0.133. The molecule has 0 bridgehead atoms. The van der Waals surface area contributed by atoms with Gasteiger partial charge in [-0.05, 0) is 0 Å². The fourth-order valence-corrected chi connectivity index (χ4v) is 0.440. The lowest BCUT2D eigenvalue weighted by atomic mass is 10.1. The molecule has 0 amide bonds. The largest absolute Gasteiger partial charge is 0.389 e. The second kappa shape index (κ2) is 4.30. The summed E-state index contributed by atoms with van der Waals surface area (Å²) < 4.78 is 0. The SMILES string of the molecule is C=CC(O)CC(O)C=C. The van der Waals surface area contributed by atoms with Gasteiger partial charge in [-0.1, -0.05) is 12.2 Å². The molecule has 2 N–H and O–H groups in total. The van der Waals surface area contributed by atoms with Crippen LogP contribution in [0.1, 0.15) is 6.42 Å². The third kappa shape index (κ3) is 3.94. The second-order valence-electron chi connectivity index (χ2n) is 1.84. The Kier molecular flexibility index (Phi) is 4.01. The molecular formula is C7H12O2. The first-order chi connectivity index (χ1) is 4.20. The maximum absolute atomic E-state index is 8.83. The van der Waals surface area contributed by atoms with Gasteiger partial charge < -0.3 is 10.2 Å². The molecule has 2 atom stereocenters. The predicted octanol–water partition coefficient (Wildman–Crippen LogP) is 0.470. The third-order valence-electron chi connectivity index (χ3n) is 1.03. The molecule has 0 aromatic carbocycles. The molecule has 0 aromatic heterocycles. The van der Waals surface area contributed by atoms with E-state index in [1.165, 1.54) is 12.2 Å². The highest BCUT2D eigenvalue weighted by Gasteiger charge is 2.03. The Balaban J connectivity index is 3.45. The molecule has 9 heavy (non-hydrogen) atoms. The summed E-state index contributed by atoms with van der Waals surface area (Å²) in [7, 11) is 0. The molecule has 52 valence electrons. The summed E-state index contributed by atoms with van der Waals surface area (Å²) in [5, 5.41) is 17.7. The van der Waals surface area contributed by atoms with E-state index in [1.54, 1.807) is 0 Å². The van der Waals surface area contributed by atoms with E-state index in [4.69, 9.17) is 10.2 Å². The summed E-state index contributed by atoms with van der Waals surface area (Å²) in [4.78, 5) is 0. The summed E-state index contributed by atoms with van der Waals surface area (Å²) in [6, 6.07) is 0. The van der Waals surface area contributed by atoms with Crippen molar-refractivity contribution in [1.82, 2.24) is 0 Å². The molecule has 0 aliphatic carbocycles. The standard InChI is InChI=1S/C7H12O2/c1-3-6(8)5-7(9)4-2/h3-4,6-9H,1-2,5H2. The summed E-state index contributed by atoms with van der Waals surface area (Å²) in [6.45, 7) is 6.71. The van der Waals surface area contributed by atoms with Gasteiger partial charge in [0.1, 0.15) is 0 Å². The third-order valence-corrected chi connectivity index (χ3v) is 1.03.